The van der Waals surface area contributed by atoms with Gasteiger partial charge < -0.3 is 20.1 Å². The number of methoxy groups -OCH3 is 1. The summed E-state index contributed by atoms with van der Waals surface area (Å²) in [5.41, 5.74) is 0.238. The number of nitrogens with one attached hydrogen (secondary N) is 2. The summed E-state index contributed by atoms with van der Waals surface area (Å²) < 4.78 is 11.5. The van der Waals surface area contributed by atoms with Crippen LogP contribution in [0.3, 0.4) is 0 Å². The van der Waals surface area contributed by atoms with Gasteiger partial charge in [0.15, 0.2) is 5.96 Å². The first kappa shape index (κ1) is 24.2. The molecule has 7 heteroatoms. The van der Waals surface area contributed by atoms with Gasteiger partial charge in [-0.3, -0.25) is 9.89 Å². The van der Waals surface area contributed by atoms with E-state index in [-0.39, 0.29) is 34.9 Å². The highest BCUT2D eigenvalue weighted by atomic mass is 127. The Kier molecular flexibility index (Phi) is 8.45. The van der Waals surface area contributed by atoms with Gasteiger partial charge in [-0.05, 0) is 39.5 Å². The monoisotopic (exact) mass is 508 g/mol. The van der Waals surface area contributed by atoms with E-state index < -0.39 is 0 Å². The van der Waals surface area contributed by atoms with Crippen LogP contribution in [0.25, 0.3) is 0 Å². The number of piperidine rings is 1. The summed E-state index contributed by atoms with van der Waals surface area (Å²) >= 11 is 0. The number of guanidine groups is 1. The third-order valence-electron chi connectivity index (χ3n) is 7.17. The summed E-state index contributed by atoms with van der Waals surface area (Å²) in [5.74, 6) is 1.52. The van der Waals surface area contributed by atoms with E-state index in [1.807, 2.05) is 14.2 Å². The maximum absolute atomic E-state index is 6.03. The molecule has 2 saturated heterocycles. The molecule has 0 amide bonds. The van der Waals surface area contributed by atoms with Crippen LogP contribution in [-0.4, -0.2) is 75.0 Å². The maximum atomic E-state index is 6.03. The van der Waals surface area contributed by atoms with E-state index in [1.54, 1.807) is 0 Å². The van der Waals surface area contributed by atoms with Crippen LogP contribution in [0.2, 0.25) is 0 Å². The average Bonchev–Trinajstić information content (AvgIpc) is 2.68. The molecular formula is C21H41IN4O2. The number of hydrogen-bond donors (Lipinski definition) is 2. The van der Waals surface area contributed by atoms with Gasteiger partial charge in [-0.2, -0.15) is 0 Å². The Morgan fingerprint density at radius 2 is 1.93 bits per heavy atom. The number of fused-ring (bicyclic) bond motifs is 1. The fourth-order valence-electron chi connectivity index (χ4n) is 5.27. The Hall–Kier alpha value is -0.120. The summed E-state index contributed by atoms with van der Waals surface area (Å²) in [6.45, 7) is 13.2. The molecule has 2 aliphatic heterocycles. The van der Waals surface area contributed by atoms with Crippen molar-refractivity contribution in [2.45, 2.75) is 77.2 Å². The van der Waals surface area contributed by atoms with E-state index >= 15 is 0 Å². The van der Waals surface area contributed by atoms with Crippen molar-refractivity contribution in [2.24, 2.45) is 16.3 Å². The van der Waals surface area contributed by atoms with Crippen LogP contribution < -0.4 is 10.6 Å². The van der Waals surface area contributed by atoms with Gasteiger partial charge in [-0.15, -0.1) is 24.0 Å². The lowest BCUT2D eigenvalue weighted by Gasteiger charge is -2.60. The molecule has 0 bridgehead atoms. The molecule has 0 aromatic heterocycles. The molecule has 0 spiro atoms. The maximum Gasteiger partial charge on any atom is 0.191 e. The van der Waals surface area contributed by atoms with Crippen molar-refractivity contribution in [2.75, 3.05) is 40.4 Å². The molecular weight excluding hydrogens is 467 g/mol. The number of nitrogens with zero attached hydrogens (tertiary/aromatic N) is 2. The largest absolute Gasteiger partial charge is 0.381 e. The molecule has 3 fully saturated rings. The van der Waals surface area contributed by atoms with Crippen molar-refractivity contribution in [3.8, 4) is 0 Å². The molecule has 3 aliphatic rings. The molecule has 28 heavy (non-hydrogen) atoms. The van der Waals surface area contributed by atoms with Crippen molar-refractivity contribution in [1.82, 2.24) is 15.5 Å². The second-order valence-electron chi connectivity index (χ2n) is 9.70. The zero-order valence-corrected chi connectivity index (χ0v) is 20.9. The summed E-state index contributed by atoms with van der Waals surface area (Å²) in [5, 5.41) is 7.29. The summed E-state index contributed by atoms with van der Waals surface area (Å²) in [7, 11) is 3.69. The van der Waals surface area contributed by atoms with E-state index in [0.29, 0.717) is 24.2 Å². The molecule has 2 N–H and O–H groups in total. The molecule has 3 unspecified atom stereocenters. The Bertz CT molecular complexity index is 532. The summed E-state index contributed by atoms with van der Waals surface area (Å²) in [6.07, 6.45) is 5.47. The standard InChI is InChI=1S/C21H40N4O2.HI/c1-20(2,25-11-9-15(26-6)10-12-25)14-23-19(22-5)24-17-16-8-7-13-27-18(16)21(17,3)4;/h15-18H,7-14H2,1-6H3,(H2,22,23,24);1H. The summed E-state index contributed by atoms with van der Waals surface area (Å²) in [6, 6.07) is 0.426. The van der Waals surface area contributed by atoms with Gasteiger partial charge in [-0.25, -0.2) is 0 Å². The lowest BCUT2D eigenvalue weighted by molar-refractivity contribution is -0.188. The van der Waals surface area contributed by atoms with Gasteiger partial charge >= 0.3 is 0 Å². The van der Waals surface area contributed by atoms with E-state index in [4.69, 9.17) is 9.47 Å². The highest BCUT2D eigenvalue weighted by molar-refractivity contribution is 14.0. The topological polar surface area (TPSA) is 58.1 Å². The van der Waals surface area contributed by atoms with Gasteiger partial charge in [0.1, 0.15) is 0 Å². The molecule has 1 saturated carbocycles. The smallest absolute Gasteiger partial charge is 0.191 e. The molecule has 6 nitrogen and oxygen atoms in total. The van der Waals surface area contributed by atoms with Crippen LogP contribution in [-0.2, 0) is 9.47 Å². The number of rotatable bonds is 5. The Labute approximate surface area is 188 Å². The van der Waals surface area contributed by atoms with Crippen LogP contribution in [0.4, 0.5) is 0 Å². The first-order chi connectivity index (χ1) is 12.8. The predicted octanol–water partition coefficient (Wildman–Crippen LogP) is 2.86. The van der Waals surface area contributed by atoms with Gasteiger partial charge in [0.25, 0.3) is 0 Å². The number of likely N-dealkylation sites (tertiary alicyclic amines) is 1. The highest BCUT2D eigenvalue weighted by Gasteiger charge is 2.58. The fourth-order valence-corrected chi connectivity index (χ4v) is 5.27. The van der Waals surface area contributed by atoms with Gasteiger partial charge in [0.2, 0.25) is 0 Å². The van der Waals surface area contributed by atoms with Crippen LogP contribution >= 0.6 is 24.0 Å². The van der Waals surface area contributed by atoms with E-state index in [2.05, 4.69) is 48.2 Å². The number of aliphatic imine (C=N–C) groups is 1. The van der Waals surface area contributed by atoms with E-state index in [1.165, 1.54) is 12.8 Å². The van der Waals surface area contributed by atoms with Crippen LogP contribution in [0, 0.1) is 11.3 Å². The lowest BCUT2D eigenvalue weighted by Crippen LogP contribution is -2.71. The molecule has 0 aromatic rings. The van der Waals surface area contributed by atoms with Crippen molar-refractivity contribution >= 4 is 29.9 Å². The predicted molar refractivity (Wildman–Crippen MR) is 126 cm³/mol. The lowest BCUT2D eigenvalue weighted by atomic mass is 9.55. The fraction of sp³-hybridized carbons (Fsp3) is 0.952. The highest BCUT2D eigenvalue weighted by Crippen LogP contribution is 2.51. The number of halogens is 1. The Morgan fingerprint density at radius 1 is 1.25 bits per heavy atom. The normalized spacial score (nSPS) is 31.4. The number of hydrogen-bond acceptors (Lipinski definition) is 4. The zero-order chi connectivity index (χ0) is 19.7. The molecule has 0 aromatic carbocycles. The van der Waals surface area contributed by atoms with Crippen LogP contribution in [0.1, 0.15) is 53.4 Å². The minimum atomic E-state index is 0. The first-order valence-electron chi connectivity index (χ1n) is 10.7. The van der Waals surface area contributed by atoms with E-state index in [9.17, 15) is 0 Å². The molecule has 2 heterocycles. The van der Waals surface area contributed by atoms with Crippen LogP contribution in [0.5, 0.6) is 0 Å². The van der Waals surface area contributed by atoms with Gasteiger partial charge in [0.05, 0.1) is 12.2 Å². The first-order valence-corrected chi connectivity index (χ1v) is 10.7. The summed E-state index contributed by atoms with van der Waals surface area (Å²) in [4.78, 5) is 7.07. The van der Waals surface area contributed by atoms with Crippen molar-refractivity contribution in [1.29, 1.82) is 0 Å². The minimum Gasteiger partial charge on any atom is -0.381 e. The zero-order valence-electron chi connectivity index (χ0n) is 18.6. The third-order valence-corrected chi connectivity index (χ3v) is 7.17. The SMILES string of the molecule is CN=C(NCC(C)(C)N1CCC(OC)CC1)NC1C2CCCOC2C1(C)C.I. The molecule has 1 aliphatic carbocycles. The van der Waals surface area contributed by atoms with Crippen LogP contribution in [0.15, 0.2) is 4.99 Å². The quantitative estimate of drug-likeness (QED) is 0.340. The van der Waals surface area contributed by atoms with Crippen molar-refractivity contribution in [3.05, 3.63) is 0 Å². The van der Waals surface area contributed by atoms with Crippen molar-refractivity contribution in [3.63, 3.8) is 0 Å². The van der Waals surface area contributed by atoms with Crippen molar-refractivity contribution < 1.29 is 9.47 Å². The second kappa shape index (κ2) is 9.79. The number of ether oxygens (including phenoxy) is 2. The Morgan fingerprint density at radius 3 is 2.54 bits per heavy atom. The molecule has 0 radical (unpaired) electrons. The molecule has 3 atom stereocenters. The molecule has 3 rings (SSSR count). The Balaban J connectivity index is 0.00000280. The molecule has 164 valence electrons. The minimum absolute atomic E-state index is 0. The average molecular weight is 508 g/mol. The third kappa shape index (κ3) is 4.95. The second-order valence-corrected chi connectivity index (χ2v) is 9.70. The van der Waals surface area contributed by atoms with Gasteiger partial charge in [-0.1, -0.05) is 13.8 Å². The van der Waals surface area contributed by atoms with E-state index in [0.717, 1.165) is 45.0 Å². The van der Waals surface area contributed by atoms with Gasteiger partial charge in [0, 0.05) is 63.3 Å².